The van der Waals surface area contributed by atoms with Crippen LogP contribution in [0.15, 0.2) is 47.1 Å². The van der Waals surface area contributed by atoms with Crippen LogP contribution in [0.2, 0.25) is 5.02 Å². The molecule has 6 heteroatoms. The molecule has 2 N–H and O–H groups in total. The first-order chi connectivity index (χ1) is 9.58. The number of benzene rings is 1. The summed E-state index contributed by atoms with van der Waals surface area (Å²) in [5.41, 5.74) is 0.288. The lowest BCUT2D eigenvalue weighted by Crippen LogP contribution is -2.30. The zero-order chi connectivity index (χ0) is 14.5. The molecular weight excluding hydrogens is 282 g/mol. The maximum absolute atomic E-state index is 12.1. The lowest BCUT2D eigenvalue weighted by atomic mass is 10.1. The Morgan fingerprint density at radius 1 is 1.25 bits per heavy atom. The van der Waals surface area contributed by atoms with Crippen molar-refractivity contribution in [1.29, 1.82) is 0 Å². The van der Waals surface area contributed by atoms with Crippen molar-refractivity contribution in [1.82, 2.24) is 5.32 Å². The van der Waals surface area contributed by atoms with Crippen LogP contribution in [0.1, 0.15) is 28.6 Å². The summed E-state index contributed by atoms with van der Waals surface area (Å²) in [6, 6.07) is 9.05. The third-order valence-electron chi connectivity index (χ3n) is 2.69. The summed E-state index contributed by atoms with van der Waals surface area (Å²) in [5.74, 6) is -1.10. The first-order valence-electron chi connectivity index (χ1n) is 5.88. The molecule has 0 radical (unpaired) electrons. The standard InChI is InChI=1S/C14H12ClNO4/c15-10-5-2-1-4-9(10)14(19)16-11(8-13(17)18)12-6-3-7-20-12/h1-7,11H,8H2,(H,16,19)(H,17,18). The number of nitrogens with one attached hydrogen (secondary N) is 1. The second-order valence-electron chi connectivity index (χ2n) is 4.12. The average Bonchev–Trinajstić information content (AvgIpc) is 2.91. The lowest BCUT2D eigenvalue weighted by Gasteiger charge is -2.15. The average molecular weight is 294 g/mol. The fourth-order valence-corrected chi connectivity index (χ4v) is 1.99. The van der Waals surface area contributed by atoms with Crippen LogP contribution < -0.4 is 5.32 Å². The quantitative estimate of drug-likeness (QED) is 0.888. The smallest absolute Gasteiger partial charge is 0.305 e. The van der Waals surface area contributed by atoms with Gasteiger partial charge in [0.25, 0.3) is 5.91 Å². The Bertz CT molecular complexity index is 609. The first kappa shape index (κ1) is 14.1. The molecule has 20 heavy (non-hydrogen) atoms. The molecule has 0 bridgehead atoms. The summed E-state index contributed by atoms with van der Waals surface area (Å²) < 4.78 is 5.15. The first-order valence-corrected chi connectivity index (χ1v) is 6.26. The Labute approximate surface area is 120 Å². The molecule has 104 valence electrons. The molecule has 1 amide bonds. The number of furan rings is 1. The number of carboxylic acids is 1. The molecule has 2 rings (SSSR count). The third-order valence-corrected chi connectivity index (χ3v) is 3.02. The molecular formula is C14H12ClNO4. The maximum Gasteiger partial charge on any atom is 0.305 e. The Morgan fingerprint density at radius 2 is 2.00 bits per heavy atom. The molecule has 1 aromatic heterocycles. The number of amides is 1. The topological polar surface area (TPSA) is 79.5 Å². The minimum absolute atomic E-state index is 0.274. The van der Waals surface area contributed by atoms with Gasteiger partial charge in [-0.05, 0) is 24.3 Å². The Morgan fingerprint density at radius 3 is 2.60 bits per heavy atom. The van der Waals surface area contributed by atoms with E-state index >= 15 is 0 Å². The van der Waals surface area contributed by atoms with Gasteiger partial charge in [-0.15, -0.1) is 0 Å². The molecule has 0 aliphatic carbocycles. The number of halogens is 1. The van der Waals surface area contributed by atoms with Gasteiger partial charge >= 0.3 is 5.97 Å². The zero-order valence-electron chi connectivity index (χ0n) is 10.4. The van der Waals surface area contributed by atoms with E-state index in [2.05, 4.69) is 5.32 Å². The molecule has 0 saturated carbocycles. The van der Waals surface area contributed by atoms with Crippen LogP contribution in [0.25, 0.3) is 0 Å². The number of carbonyl (C=O) groups is 2. The predicted molar refractivity (Wildman–Crippen MR) is 72.6 cm³/mol. The fourth-order valence-electron chi connectivity index (χ4n) is 1.77. The van der Waals surface area contributed by atoms with E-state index in [0.29, 0.717) is 10.8 Å². The highest BCUT2D eigenvalue weighted by Crippen LogP contribution is 2.20. The van der Waals surface area contributed by atoms with Gasteiger partial charge in [-0.3, -0.25) is 9.59 Å². The zero-order valence-corrected chi connectivity index (χ0v) is 11.1. The van der Waals surface area contributed by atoms with Gasteiger partial charge in [0.15, 0.2) is 0 Å². The minimum Gasteiger partial charge on any atom is -0.481 e. The molecule has 5 nitrogen and oxygen atoms in total. The second-order valence-corrected chi connectivity index (χ2v) is 4.53. The van der Waals surface area contributed by atoms with E-state index < -0.39 is 17.9 Å². The summed E-state index contributed by atoms with van der Waals surface area (Å²) in [6.07, 6.45) is 1.15. The number of rotatable bonds is 5. The lowest BCUT2D eigenvalue weighted by molar-refractivity contribution is -0.137. The van der Waals surface area contributed by atoms with Crippen molar-refractivity contribution in [3.8, 4) is 0 Å². The van der Waals surface area contributed by atoms with Gasteiger partial charge in [-0.25, -0.2) is 0 Å². The van der Waals surface area contributed by atoms with Gasteiger partial charge in [0.1, 0.15) is 5.76 Å². The Kier molecular flexibility index (Phi) is 4.42. The van der Waals surface area contributed by atoms with E-state index in [1.54, 1.807) is 36.4 Å². The van der Waals surface area contributed by atoms with Crippen molar-refractivity contribution < 1.29 is 19.1 Å². The van der Waals surface area contributed by atoms with Crippen LogP contribution in [-0.4, -0.2) is 17.0 Å². The monoisotopic (exact) mass is 293 g/mol. The number of hydrogen-bond acceptors (Lipinski definition) is 3. The van der Waals surface area contributed by atoms with E-state index in [1.165, 1.54) is 6.26 Å². The number of carboxylic acid groups (broad SMARTS) is 1. The molecule has 2 aromatic rings. The molecule has 0 saturated heterocycles. The van der Waals surface area contributed by atoms with Gasteiger partial charge in [0.05, 0.1) is 29.3 Å². The summed E-state index contributed by atoms with van der Waals surface area (Å²) >= 11 is 5.93. The fraction of sp³-hybridized carbons (Fsp3) is 0.143. The van der Waals surface area contributed by atoms with Gasteiger partial charge in [-0.2, -0.15) is 0 Å². The number of hydrogen-bond donors (Lipinski definition) is 2. The van der Waals surface area contributed by atoms with E-state index in [9.17, 15) is 9.59 Å². The highest BCUT2D eigenvalue weighted by atomic mass is 35.5. The highest BCUT2D eigenvalue weighted by molar-refractivity contribution is 6.33. The summed E-state index contributed by atoms with van der Waals surface area (Å²) in [4.78, 5) is 23.0. The predicted octanol–water partition coefficient (Wildman–Crippen LogP) is 2.88. The van der Waals surface area contributed by atoms with Gasteiger partial charge in [0.2, 0.25) is 0 Å². The summed E-state index contributed by atoms with van der Waals surface area (Å²) in [7, 11) is 0. The minimum atomic E-state index is -1.04. The Hall–Kier alpha value is -2.27. The van der Waals surface area contributed by atoms with Crippen LogP contribution in [-0.2, 0) is 4.79 Å². The van der Waals surface area contributed by atoms with Crippen LogP contribution >= 0.6 is 11.6 Å². The molecule has 1 unspecified atom stereocenters. The van der Waals surface area contributed by atoms with Crippen LogP contribution in [0.3, 0.4) is 0 Å². The van der Waals surface area contributed by atoms with Crippen LogP contribution in [0.5, 0.6) is 0 Å². The molecule has 1 heterocycles. The molecule has 1 atom stereocenters. The Balaban J connectivity index is 2.18. The molecule has 0 spiro atoms. The number of aliphatic carboxylic acids is 1. The van der Waals surface area contributed by atoms with E-state index in [-0.39, 0.29) is 12.0 Å². The molecule has 0 aliphatic rings. The van der Waals surface area contributed by atoms with Crippen molar-refractivity contribution in [2.75, 3.05) is 0 Å². The SMILES string of the molecule is O=C(O)CC(NC(=O)c1ccccc1Cl)c1ccco1. The van der Waals surface area contributed by atoms with Crippen molar-refractivity contribution in [2.45, 2.75) is 12.5 Å². The van der Waals surface area contributed by atoms with Gasteiger partial charge in [-0.1, -0.05) is 23.7 Å². The maximum atomic E-state index is 12.1. The second kappa shape index (κ2) is 6.25. The molecule has 1 aromatic carbocycles. The summed E-state index contributed by atoms with van der Waals surface area (Å²) in [6.45, 7) is 0. The van der Waals surface area contributed by atoms with Crippen molar-refractivity contribution in [2.24, 2.45) is 0 Å². The van der Waals surface area contributed by atoms with E-state index in [0.717, 1.165) is 0 Å². The highest BCUT2D eigenvalue weighted by Gasteiger charge is 2.22. The van der Waals surface area contributed by atoms with Crippen LogP contribution in [0.4, 0.5) is 0 Å². The van der Waals surface area contributed by atoms with Gasteiger partial charge in [0, 0.05) is 0 Å². The summed E-state index contributed by atoms with van der Waals surface area (Å²) in [5, 5.41) is 11.8. The van der Waals surface area contributed by atoms with E-state index in [4.69, 9.17) is 21.1 Å². The normalized spacial score (nSPS) is 11.8. The van der Waals surface area contributed by atoms with E-state index in [1.807, 2.05) is 0 Å². The van der Waals surface area contributed by atoms with Crippen molar-refractivity contribution in [3.05, 3.63) is 59.0 Å². The van der Waals surface area contributed by atoms with Crippen molar-refractivity contribution >= 4 is 23.5 Å². The van der Waals surface area contributed by atoms with Crippen LogP contribution in [0, 0.1) is 0 Å². The largest absolute Gasteiger partial charge is 0.481 e. The van der Waals surface area contributed by atoms with Gasteiger partial charge < -0.3 is 14.8 Å². The molecule has 0 fully saturated rings. The van der Waals surface area contributed by atoms with Crippen molar-refractivity contribution in [3.63, 3.8) is 0 Å². The third kappa shape index (κ3) is 3.39. The molecule has 0 aliphatic heterocycles. The number of carbonyl (C=O) groups excluding carboxylic acids is 1.